The third-order valence-corrected chi connectivity index (χ3v) is 2.19. The second-order valence-electron chi connectivity index (χ2n) is 3.57. The maximum atomic E-state index is 11.5. The van der Waals surface area contributed by atoms with Crippen LogP contribution in [0.15, 0.2) is 24.3 Å². The Morgan fingerprint density at radius 2 is 1.78 bits per heavy atom. The third kappa shape index (κ3) is 4.84. The molecule has 18 heavy (non-hydrogen) atoms. The van der Waals surface area contributed by atoms with Gasteiger partial charge in [0.05, 0.1) is 6.61 Å². The van der Waals surface area contributed by atoms with Gasteiger partial charge in [-0.1, -0.05) is 0 Å². The molecule has 0 bridgehead atoms. The van der Waals surface area contributed by atoms with Crippen LogP contribution in [0.25, 0.3) is 0 Å². The number of anilines is 1. The number of nitrogens with one attached hydrogen (secondary N) is 2. The SMILES string of the molecule is CCOc1ccc(NC(=O)CCC(=O)NN)cc1. The molecule has 6 heteroatoms. The van der Waals surface area contributed by atoms with Crippen molar-refractivity contribution in [2.24, 2.45) is 5.84 Å². The van der Waals surface area contributed by atoms with E-state index in [1.807, 2.05) is 12.3 Å². The Morgan fingerprint density at radius 1 is 1.17 bits per heavy atom. The molecule has 0 saturated carbocycles. The summed E-state index contributed by atoms with van der Waals surface area (Å²) in [6, 6.07) is 7.02. The number of carbonyl (C=O) groups excluding carboxylic acids is 2. The maximum absolute atomic E-state index is 11.5. The van der Waals surface area contributed by atoms with Crippen molar-refractivity contribution in [3.8, 4) is 5.75 Å². The molecular weight excluding hydrogens is 234 g/mol. The third-order valence-electron chi connectivity index (χ3n) is 2.19. The van der Waals surface area contributed by atoms with Gasteiger partial charge in [-0.05, 0) is 31.2 Å². The van der Waals surface area contributed by atoms with Gasteiger partial charge in [0.25, 0.3) is 0 Å². The largest absolute Gasteiger partial charge is 0.494 e. The Hall–Kier alpha value is -2.08. The van der Waals surface area contributed by atoms with E-state index in [4.69, 9.17) is 10.6 Å². The molecule has 4 N–H and O–H groups in total. The summed E-state index contributed by atoms with van der Waals surface area (Å²) in [5.41, 5.74) is 2.63. The first-order chi connectivity index (χ1) is 8.65. The Kier molecular flexibility index (Phi) is 5.66. The van der Waals surface area contributed by atoms with Crippen LogP contribution in [0.1, 0.15) is 19.8 Å². The second-order valence-corrected chi connectivity index (χ2v) is 3.57. The van der Waals surface area contributed by atoms with Gasteiger partial charge in [-0.3, -0.25) is 15.0 Å². The van der Waals surface area contributed by atoms with Crippen molar-refractivity contribution in [2.45, 2.75) is 19.8 Å². The zero-order valence-corrected chi connectivity index (χ0v) is 10.2. The van der Waals surface area contributed by atoms with Gasteiger partial charge in [0.1, 0.15) is 5.75 Å². The number of hydrazine groups is 1. The minimum atomic E-state index is -0.364. The van der Waals surface area contributed by atoms with Crippen LogP contribution >= 0.6 is 0 Å². The van der Waals surface area contributed by atoms with Gasteiger partial charge < -0.3 is 10.1 Å². The smallest absolute Gasteiger partial charge is 0.234 e. The number of hydrogen-bond acceptors (Lipinski definition) is 4. The van der Waals surface area contributed by atoms with Crippen LogP contribution in [0.3, 0.4) is 0 Å². The summed E-state index contributed by atoms with van der Waals surface area (Å²) >= 11 is 0. The van der Waals surface area contributed by atoms with Crippen LogP contribution in [0.2, 0.25) is 0 Å². The molecule has 1 aromatic carbocycles. The van der Waals surface area contributed by atoms with Gasteiger partial charge in [-0.25, -0.2) is 5.84 Å². The van der Waals surface area contributed by atoms with Crippen LogP contribution in [0, 0.1) is 0 Å². The van der Waals surface area contributed by atoms with Crippen molar-refractivity contribution < 1.29 is 14.3 Å². The van der Waals surface area contributed by atoms with E-state index >= 15 is 0 Å². The van der Waals surface area contributed by atoms with Crippen molar-refractivity contribution in [1.29, 1.82) is 0 Å². The van der Waals surface area contributed by atoms with Gasteiger partial charge in [-0.15, -0.1) is 0 Å². The normalized spacial score (nSPS) is 9.67. The molecule has 0 heterocycles. The van der Waals surface area contributed by atoms with Gasteiger partial charge in [0.2, 0.25) is 11.8 Å². The number of hydrogen-bond donors (Lipinski definition) is 3. The van der Waals surface area contributed by atoms with Crippen LogP contribution in [0.4, 0.5) is 5.69 Å². The van der Waals surface area contributed by atoms with E-state index in [1.165, 1.54) is 0 Å². The number of benzene rings is 1. The zero-order chi connectivity index (χ0) is 13.4. The molecule has 0 unspecified atom stereocenters. The predicted octanol–water partition coefficient (Wildman–Crippen LogP) is 0.794. The topological polar surface area (TPSA) is 93.4 Å². The molecule has 0 atom stereocenters. The Labute approximate surface area is 105 Å². The highest BCUT2D eigenvalue weighted by atomic mass is 16.5. The molecule has 0 saturated heterocycles. The molecule has 0 radical (unpaired) electrons. The Morgan fingerprint density at radius 3 is 2.33 bits per heavy atom. The summed E-state index contributed by atoms with van der Waals surface area (Å²) in [4.78, 5) is 22.3. The average Bonchev–Trinajstić information content (AvgIpc) is 2.38. The molecule has 0 aliphatic rings. The molecule has 0 aliphatic carbocycles. The van der Waals surface area contributed by atoms with Crippen LogP contribution in [0.5, 0.6) is 5.75 Å². The fraction of sp³-hybridized carbons (Fsp3) is 0.333. The summed E-state index contributed by atoms with van der Waals surface area (Å²) in [6.45, 7) is 2.50. The number of rotatable bonds is 6. The number of amides is 2. The summed E-state index contributed by atoms with van der Waals surface area (Å²) in [5, 5.41) is 2.68. The monoisotopic (exact) mass is 251 g/mol. The molecule has 0 fully saturated rings. The van der Waals surface area contributed by atoms with E-state index in [2.05, 4.69) is 5.32 Å². The highest BCUT2D eigenvalue weighted by molar-refractivity contribution is 5.93. The van der Waals surface area contributed by atoms with Gasteiger partial charge in [-0.2, -0.15) is 0 Å². The molecule has 0 spiro atoms. The molecule has 2 amide bonds. The molecule has 1 aromatic rings. The molecule has 0 aromatic heterocycles. The van der Waals surface area contributed by atoms with E-state index in [1.54, 1.807) is 24.3 Å². The van der Waals surface area contributed by atoms with Crippen molar-refractivity contribution in [3.63, 3.8) is 0 Å². The fourth-order valence-electron chi connectivity index (χ4n) is 1.32. The molecular formula is C12H17N3O3. The maximum Gasteiger partial charge on any atom is 0.234 e. The van der Waals surface area contributed by atoms with E-state index in [9.17, 15) is 9.59 Å². The van der Waals surface area contributed by atoms with Crippen molar-refractivity contribution in [1.82, 2.24) is 5.43 Å². The molecule has 6 nitrogen and oxygen atoms in total. The van der Waals surface area contributed by atoms with E-state index in [0.29, 0.717) is 12.3 Å². The first-order valence-corrected chi connectivity index (χ1v) is 5.68. The fourth-order valence-corrected chi connectivity index (χ4v) is 1.32. The van der Waals surface area contributed by atoms with Crippen LogP contribution in [-0.2, 0) is 9.59 Å². The quantitative estimate of drug-likeness (QED) is 0.396. The Balaban J connectivity index is 2.42. The van der Waals surface area contributed by atoms with Crippen molar-refractivity contribution >= 4 is 17.5 Å². The minimum absolute atomic E-state index is 0.0688. The Bertz CT molecular complexity index is 404. The molecule has 0 aliphatic heterocycles. The van der Waals surface area contributed by atoms with Crippen molar-refractivity contribution in [3.05, 3.63) is 24.3 Å². The summed E-state index contributed by atoms with van der Waals surface area (Å²) in [6.07, 6.45) is 0.162. The summed E-state index contributed by atoms with van der Waals surface area (Å²) < 4.78 is 5.28. The first-order valence-electron chi connectivity index (χ1n) is 5.68. The lowest BCUT2D eigenvalue weighted by molar-refractivity contribution is -0.124. The van der Waals surface area contributed by atoms with Gasteiger partial charge in [0.15, 0.2) is 0 Å². The minimum Gasteiger partial charge on any atom is -0.494 e. The molecule has 98 valence electrons. The predicted molar refractivity (Wildman–Crippen MR) is 67.8 cm³/mol. The first kappa shape index (κ1) is 14.0. The van der Waals surface area contributed by atoms with Gasteiger partial charge >= 0.3 is 0 Å². The summed E-state index contributed by atoms with van der Waals surface area (Å²) in [7, 11) is 0. The van der Waals surface area contributed by atoms with Crippen LogP contribution in [-0.4, -0.2) is 18.4 Å². The van der Waals surface area contributed by atoms with Gasteiger partial charge in [0, 0.05) is 18.5 Å². The van der Waals surface area contributed by atoms with Crippen molar-refractivity contribution in [2.75, 3.05) is 11.9 Å². The highest BCUT2D eigenvalue weighted by Crippen LogP contribution is 2.15. The lowest BCUT2D eigenvalue weighted by Gasteiger charge is -2.06. The number of carbonyl (C=O) groups is 2. The standard InChI is InChI=1S/C12H17N3O3/c1-2-18-10-5-3-9(4-6-10)14-11(16)7-8-12(17)15-13/h3-6H,2,7-8,13H2,1H3,(H,14,16)(H,15,17). The van der Waals surface area contributed by atoms with E-state index < -0.39 is 0 Å². The lowest BCUT2D eigenvalue weighted by Crippen LogP contribution is -2.30. The lowest BCUT2D eigenvalue weighted by atomic mass is 10.2. The van der Waals surface area contributed by atoms with E-state index in [0.717, 1.165) is 5.75 Å². The molecule has 1 rings (SSSR count). The van der Waals surface area contributed by atoms with Crippen LogP contribution < -0.4 is 21.3 Å². The summed E-state index contributed by atoms with van der Waals surface area (Å²) in [5.74, 6) is 5.06. The average molecular weight is 251 g/mol. The highest BCUT2D eigenvalue weighted by Gasteiger charge is 2.06. The zero-order valence-electron chi connectivity index (χ0n) is 10.2. The van der Waals surface area contributed by atoms with E-state index in [-0.39, 0.29) is 24.7 Å². The number of nitrogens with two attached hydrogens (primary N) is 1. The number of ether oxygens (including phenoxy) is 1. The second kappa shape index (κ2) is 7.29.